The molecule has 0 bridgehead atoms. The maximum absolute atomic E-state index is 13.9. The van der Waals surface area contributed by atoms with Gasteiger partial charge in [0.2, 0.25) is 29.5 Å². The third-order valence-electron chi connectivity index (χ3n) is 12.7. The van der Waals surface area contributed by atoms with Gasteiger partial charge in [0.25, 0.3) is 0 Å². The van der Waals surface area contributed by atoms with Crippen molar-refractivity contribution in [3.8, 4) is 11.8 Å². The molecule has 6 rings (SSSR count). The van der Waals surface area contributed by atoms with Crippen LogP contribution >= 0.6 is 0 Å². The fourth-order valence-corrected chi connectivity index (χ4v) is 8.89. The number of aliphatic hydroxyl groups is 1. The molecule has 3 unspecified atom stereocenters. The summed E-state index contributed by atoms with van der Waals surface area (Å²) in [5.41, 5.74) is -2.95. The summed E-state index contributed by atoms with van der Waals surface area (Å²) in [4.78, 5) is 88.0. The number of nitrogens with zero attached hydrogens (tertiary/aromatic N) is 5. The Morgan fingerprint density at radius 3 is 2.30 bits per heavy atom. The van der Waals surface area contributed by atoms with Gasteiger partial charge in [0.15, 0.2) is 5.78 Å². The molecule has 4 atom stereocenters. The third-order valence-corrected chi connectivity index (χ3v) is 12.7. The lowest BCUT2D eigenvalue weighted by Gasteiger charge is -2.35. The maximum Gasteiger partial charge on any atom is 0.417 e. The first-order valence-corrected chi connectivity index (χ1v) is 23.8. The summed E-state index contributed by atoms with van der Waals surface area (Å²) >= 11 is 0. The molecule has 3 aliphatic heterocycles. The Morgan fingerprint density at radius 1 is 0.944 bits per heavy atom. The Balaban J connectivity index is 0.848. The number of alkyl halides is 3. The van der Waals surface area contributed by atoms with Gasteiger partial charge < -0.3 is 34.9 Å². The van der Waals surface area contributed by atoms with E-state index in [1.165, 1.54) is 35.8 Å². The second kappa shape index (κ2) is 23.2. The van der Waals surface area contributed by atoms with Gasteiger partial charge in [-0.2, -0.15) is 18.4 Å². The van der Waals surface area contributed by atoms with Crippen molar-refractivity contribution in [3.05, 3.63) is 83.0 Å². The molecule has 5 amide bonds. The van der Waals surface area contributed by atoms with Gasteiger partial charge in [-0.25, -0.2) is 4.98 Å². The Kier molecular flexibility index (Phi) is 17.6. The Bertz CT molecular complexity index is 2450. The number of aromatic nitrogens is 1. The van der Waals surface area contributed by atoms with E-state index in [1.807, 2.05) is 0 Å². The van der Waals surface area contributed by atoms with Crippen LogP contribution in [-0.2, 0) is 51.0 Å². The van der Waals surface area contributed by atoms with E-state index in [-0.39, 0.29) is 44.2 Å². The topological polar surface area (TPSA) is 221 Å². The van der Waals surface area contributed by atoms with E-state index >= 15 is 0 Å². The number of carbonyl (C=O) groups is 6. The van der Waals surface area contributed by atoms with Crippen LogP contribution in [0.2, 0.25) is 0 Å². The summed E-state index contributed by atoms with van der Waals surface area (Å²) in [5, 5.41) is 25.3. The van der Waals surface area contributed by atoms with Crippen molar-refractivity contribution < 1.29 is 61.3 Å². The van der Waals surface area contributed by atoms with Crippen LogP contribution in [0.15, 0.2) is 60.8 Å². The summed E-state index contributed by atoms with van der Waals surface area (Å²) in [6.45, 7) is 10.4. The first-order valence-electron chi connectivity index (χ1n) is 23.8. The van der Waals surface area contributed by atoms with E-state index < -0.39 is 81.8 Å². The fraction of sp³-hybridized carbons (Fsp3) is 0.529. The average molecular weight is 990 g/mol. The van der Waals surface area contributed by atoms with E-state index in [9.17, 15) is 47.0 Å². The van der Waals surface area contributed by atoms with Gasteiger partial charge in [0.05, 0.1) is 29.9 Å². The number of halogens is 3. The van der Waals surface area contributed by atoms with Crippen molar-refractivity contribution in [1.29, 1.82) is 5.26 Å². The lowest BCUT2D eigenvalue weighted by Crippen LogP contribution is -2.58. The van der Waals surface area contributed by atoms with Crippen molar-refractivity contribution in [1.82, 2.24) is 20.5 Å². The molecule has 3 fully saturated rings. The predicted molar refractivity (Wildman–Crippen MR) is 253 cm³/mol. The zero-order chi connectivity index (χ0) is 51.7. The number of nitrogens with one attached hydrogen (secondary N) is 2. The molecule has 0 aliphatic carbocycles. The molecule has 20 heteroatoms. The van der Waals surface area contributed by atoms with E-state index in [1.54, 1.807) is 68.3 Å². The number of β-amino-alcohol motifs (C(OH)–C–C–N with tert-alkyl or cyclic N) is 1. The number of ether oxygens (including phenoxy) is 3. The van der Waals surface area contributed by atoms with Crippen LogP contribution < -0.4 is 25.2 Å². The molecule has 17 nitrogen and oxygen atoms in total. The molecule has 3 aromatic rings. The van der Waals surface area contributed by atoms with E-state index in [0.29, 0.717) is 68.1 Å². The number of amides is 5. The summed E-state index contributed by atoms with van der Waals surface area (Å²) in [5.74, 6) is -3.04. The molecule has 2 aromatic carbocycles. The Labute approximate surface area is 411 Å². The number of carbonyl (C=O) groups excluding carboxylic acids is 6. The highest BCUT2D eigenvalue weighted by atomic mass is 19.4. The normalized spacial score (nSPS) is 19.5. The molecule has 4 heterocycles. The molecule has 0 radical (unpaired) electrons. The molecule has 0 saturated carbocycles. The standard InChI is InChI=1S/C51H62F3N7O10/c1-49(2,3)44(48(68)60-30-36(62)26-39(60)46(66)57-29-32-12-19-40(56-28-32)59-20-9-11-42(59)64)58-41(63)31-70-23-10-22-69-21-7-6-8-24-71-37-17-15-35(16-18-37)61-47(67)43(45(65)50(61,4)5)33-13-14-34(27-55)38(25-33)51(52,53)54/h12-19,25,28,36,39,43-44,62H,6-11,20-24,26,29-31H2,1-5H3,(H,57,66)(H,58,63)/t36-,39?,43?,44?/m1/s1. The fourth-order valence-electron chi connectivity index (χ4n) is 8.89. The van der Waals surface area contributed by atoms with Crippen molar-refractivity contribution in [3.63, 3.8) is 0 Å². The zero-order valence-corrected chi connectivity index (χ0v) is 40.7. The lowest BCUT2D eigenvalue weighted by molar-refractivity contribution is -0.144. The number of anilines is 2. The molecule has 382 valence electrons. The summed E-state index contributed by atoms with van der Waals surface area (Å²) < 4.78 is 58.1. The predicted octanol–water partition coefficient (Wildman–Crippen LogP) is 5.36. The quantitative estimate of drug-likeness (QED) is 0.0908. The smallest absolute Gasteiger partial charge is 0.417 e. The number of hydrogen-bond acceptors (Lipinski definition) is 12. The highest BCUT2D eigenvalue weighted by molar-refractivity contribution is 6.25. The number of aliphatic hydroxyl groups excluding tert-OH is 1. The van der Waals surface area contributed by atoms with Crippen LogP contribution in [0.5, 0.6) is 5.75 Å². The first-order chi connectivity index (χ1) is 33.6. The Hall–Kier alpha value is -6.43. The minimum Gasteiger partial charge on any atom is -0.494 e. The number of unbranched alkanes of at least 4 members (excludes halogenated alkanes) is 2. The van der Waals surface area contributed by atoms with Crippen LogP contribution in [0.4, 0.5) is 24.7 Å². The van der Waals surface area contributed by atoms with Gasteiger partial charge in [-0.1, -0.05) is 32.9 Å². The molecule has 1 aromatic heterocycles. The SMILES string of the molecule is CC(C)(C)C(NC(=O)COCCCOCCCCCOc1ccc(N2C(=O)C(c3ccc(C#N)c(C(F)(F)F)c3)C(=O)C2(C)C)cc1)C(=O)N1C[C@H](O)CC1C(=O)NCc1ccc(N2CCCC2=O)nc1. The minimum absolute atomic E-state index is 0.0213. The van der Waals surface area contributed by atoms with Gasteiger partial charge in [0, 0.05) is 64.2 Å². The van der Waals surface area contributed by atoms with Crippen molar-refractivity contribution in [2.75, 3.05) is 55.9 Å². The molecule has 71 heavy (non-hydrogen) atoms. The number of ketones is 1. The highest BCUT2D eigenvalue weighted by Crippen LogP contribution is 2.42. The summed E-state index contributed by atoms with van der Waals surface area (Å²) in [6, 6.07) is 12.5. The van der Waals surface area contributed by atoms with Crippen LogP contribution in [0.1, 0.15) is 108 Å². The van der Waals surface area contributed by atoms with Crippen LogP contribution in [0.3, 0.4) is 0 Å². The van der Waals surface area contributed by atoms with E-state index in [0.717, 1.165) is 31.7 Å². The number of benzene rings is 2. The number of likely N-dealkylation sites (tertiary alicyclic amines) is 1. The number of nitriles is 1. The molecule has 0 spiro atoms. The van der Waals surface area contributed by atoms with Gasteiger partial charge in [-0.05, 0) is 105 Å². The lowest BCUT2D eigenvalue weighted by atomic mass is 9.85. The highest BCUT2D eigenvalue weighted by Gasteiger charge is 2.54. The second-order valence-electron chi connectivity index (χ2n) is 19.5. The molecule has 3 aliphatic rings. The molecular formula is C51H62F3N7O10. The number of rotatable bonds is 21. The number of hydrogen-bond donors (Lipinski definition) is 3. The van der Waals surface area contributed by atoms with Gasteiger partial charge in [-0.15, -0.1) is 0 Å². The molecule has 3 saturated heterocycles. The minimum atomic E-state index is -4.84. The second-order valence-corrected chi connectivity index (χ2v) is 19.5. The number of Topliss-reactive ketones (excluding diaryl/α,β-unsaturated/α-hetero) is 1. The van der Waals surface area contributed by atoms with Crippen LogP contribution in [0, 0.1) is 16.7 Å². The van der Waals surface area contributed by atoms with Crippen molar-refractivity contribution in [2.45, 2.75) is 122 Å². The van der Waals surface area contributed by atoms with Gasteiger partial charge in [0.1, 0.15) is 41.7 Å². The van der Waals surface area contributed by atoms with E-state index in [4.69, 9.17) is 19.5 Å². The Morgan fingerprint density at radius 2 is 1.65 bits per heavy atom. The average Bonchev–Trinajstić information content (AvgIpc) is 3.99. The summed E-state index contributed by atoms with van der Waals surface area (Å²) in [7, 11) is 0. The van der Waals surface area contributed by atoms with Gasteiger partial charge >= 0.3 is 6.18 Å². The third kappa shape index (κ3) is 13.3. The molecule has 3 N–H and O–H groups in total. The van der Waals surface area contributed by atoms with Crippen LogP contribution in [-0.4, -0.2) is 120 Å². The van der Waals surface area contributed by atoms with Gasteiger partial charge in [-0.3, -0.25) is 38.6 Å². The maximum atomic E-state index is 13.9. The van der Waals surface area contributed by atoms with Crippen LogP contribution in [0.25, 0.3) is 0 Å². The monoisotopic (exact) mass is 989 g/mol. The zero-order valence-electron chi connectivity index (χ0n) is 40.7. The first kappa shape index (κ1) is 53.9. The largest absolute Gasteiger partial charge is 0.494 e. The molecular weight excluding hydrogens is 928 g/mol. The number of pyridine rings is 1. The van der Waals surface area contributed by atoms with Crippen molar-refractivity contribution in [2.24, 2.45) is 5.41 Å². The van der Waals surface area contributed by atoms with Crippen molar-refractivity contribution >= 4 is 46.8 Å². The summed E-state index contributed by atoms with van der Waals surface area (Å²) in [6.07, 6.45) is -0.0385. The van der Waals surface area contributed by atoms with E-state index in [2.05, 4.69) is 15.6 Å².